The first-order valence-electron chi connectivity index (χ1n) is 3.12. The maximum atomic E-state index is 5.84. The number of fused-ring (bicyclic) bond motifs is 1. The number of thioether (sulfide) groups is 1. The molecule has 2 aromatic heterocycles. The maximum absolute atomic E-state index is 5.84. The number of hydrogen-bond acceptors (Lipinski definition) is 5. The molecule has 3 nitrogen and oxygen atoms in total. The Morgan fingerprint density at radius 2 is 2.33 bits per heavy atom. The van der Waals surface area contributed by atoms with Crippen LogP contribution in [-0.2, 0) is 0 Å². The first-order valence-corrected chi connectivity index (χ1v) is 5.54. The second-order valence-electron chi connectivity index (χ2n) is 2.00. The van der Waals surface area contributed by atoms with E-state index < -0.39 is 0 Å². The molecule has 0 aromatic carbocycles. The molecule has 0 amide bonds. The van der Waals surface area contributed by atoms with Gasteiger partial charge in [0.15, 0.2) is 15.1 Å². The molecule has 0 unspecified atom stereocenters. The lowest BCUT2D eigenvalue weighted by molar-refractivity contribution is 1.17. The van der Waals surface area contributed by atoms with Crippen molar-refractivity contribution in [1.82, 2.24) is 15.0 Å². The van der Waals surface area contributed by atoms with E-state index in [4.69, 9.17) is 11.6 Å². The fourth-order valence-electron chi connectivity index (χ4n) is 0.795. The van der Waals surface area contributed by atoms with Gasteiger partial charge in [0.1, 0.15) is 11.0 Å². The zero-order valence-corrected chi connectivity index (χ0v) is 8.50. The lowest BCUT2D eigenvalue weighted by atomic mass is 10.6. The first kappa shape index (κ1) is 8.22. The van der Waals surface area contributed by atoms with Crippen molar-refractivity contribution in [1.29, 1.82) is 0 Å². The van der Waals surface area contributed by atoms with Gasteiger partial charge in [-0.25, -0.2) is 15.0 Å². The number of aromatic nitrogens is 3. The van der Waals surface area contributed by atoms with Crippen molar-refractivity contribution < 1.29 is 0 Å². The normalized spacial score (nSPS) is 10.8. The third-order valence-electron chi connectivity index (χ3n) is 1.30. The molecule has 62 valence electrons. The summed E-state index contributed by atoms with van der Waals surface area (Å²) in [6.45, 7) is 0. The Balaban J connectivity index is 2.74. The van der Waals surface area contributed by atoms with Gasteiger partial charge in [0.25, 0.3) is 0 Å². The minimum atomic E-state index is 0.484. The van der Waals surface area contributed by atoms with Gasteiger partial charge in [-0.1, -0.05) is 23.4 Å². The van der Waals surface area contributed by atoms with Crippen molar-refractivity contribution in [3.63, 3.8) is 0 Å². The number of halogens is 1. The second kappa shape index (κ2) is 3.16. The Morgan fingerprint density at radius 3 is 3.00 bits per heavy atom. The lowest BCUT2D eigenvalue weighted by Gasteiger charge is -1.86. The van der Waals surface area contributed by atoms with Crippen molar-refractivity contribution in [2.75, 3.05) is 6.26 Å². The third-order valence-corrected chi connectivity index (χ3v) is 3.74. The molecule has 0 aliphatic carbocycles. The molecule has 6 heteroatoms. The monoisotopic (exact) mass is 217 g/mol. The first-order chi connectivity index (χ1) is 5.81. The van der Waals surface area contributed by atoms with E-state index in [0.29, 0.717) is 10.8 Å². The minimum Gasteiger partial charge on any atom is -0.223 e. The number of thiazole rings is 1. The van der Waals surface area contributed by atoms with Crippen molar-refractivity contribution in [2.24, 2.45) is 0 Å². The van der Waals surface area contributed by atoms with E-state index in [2.05, 4.69) is 15.0 Å². The van der Waals surface area contributed by atoms with Crippen LogP contribution in [-0.4, -0.2) is 21.2 Å². The van der Waals surface area contributed by atoms with Crippen LogP contribution in [0.25, 0.3) is 10.3 Å². The van der Waals surface area contributed by atoms with Crippen LogP contribution >= 0.6 is 34.7 Å². The van der Waals surface area contributed by atoms with E-state index in [1.807, 2.05) is 6.26 Å². The highest BCUT2D eigenvalue weighted by atomic mass is 35.5. The SMILES string of the molecule is CSc1nc2ncnc(Cl)c2s1. The van der Waals surface area contributed by atoms with Crippen molar-refractivity contribution >= 4 is 45.0 Å². The Labute approximate surface area is 82.2 Å². The lowest BCUT2D eigenvalue weighted by Crippen LogP contribution is -1.79. The summed E-state index contributed by atoms with van der Waals surface area (Å²) in [4.78, 5) is 12.1. The van der Waals surface area contributed by atoms with Gasteiger partial charge < -0.3 is 0 Å². The van der Waals surface area contributed by atoms with E-state index in [1.165, 1.54) is 17.7 Å². The molecule has 0 saturated heterocycles. The Hall–Kier alpha value is -0.390. The van der Waals surface area contributed by atoms with Gasteiger partial charge in [0.05, 0.1) is 0 Å². The summed E-state index contributed by atoms with van der Waals surface area (Å²) in [5.41, 5.74) is 0.685. The van der Waals surface area contributed by atoms with Crippen LogP contribution < -0.4 is 0 Å². The Bertz CT molecular complexity index is 414. The van der Waals surface area contributed by atoms with Gasteiger partial charge in [-0.3, -0.25) is 0 Å². The summed E-state index contributed by atoms with van der Waals surface area (Å²) in [5, 5.41) is 0.484. The second-order valence-corrected chi connectivity index (χ2v) is 4.41. The van der Waals surface area contributed by atoms with Crippen molar-refractivity contribution in [3.05, 3.63) is 11.5 Å². The number of rotatable bonds is 1. The Morgan fingerprint density at radius 1 is 1.50 bits per heavy atom. The molecule has 12 heavy (non-hydrogen) atoms. The van der Waals surface area contributed by atoms with Gasteiger partial charge in [-0.05, 0) is 6.26 Å². The minimum absolute atomic E-state index is 0.484. The molecule has 0 atom stereocenters. The van der Waals surface area contributed by atoms with Crippen LogP contribution in [0, 0.1) is 0 Å². The average Bonchev–Trinajstić information content (AvgIpc) is 2.49. The van der Waals surface area contributed by atoms with Crippen LogP contribution in [0.5, 0.6) is 0 Å². The van der Waals surface area contributed by atoms with Gasteiger partial charge in [0, 0.05) is 0 Å². The summed E-state index contributed by atoms with van der Waals surface area (Å²) in [6.07, 6.45) is 3.40. The molecule has 0 saturated carbocycles. The van der Waals surface area contributed by atoms with Crippen LogP contribution in [0.3, 0.4) is 0 Å². The van der Waals surface area contributed by atoms with Crippen LogP contribution in [0.2, 0.25) is 5.15 Å². The third kappa shape index (κ3) is 1.28. The van der Waals surface area contributed by atoms with E-state index in [1.54, 1.807) is 11.8 Å². The van der Waals surface area contributed by atoms with Gasteiger partial charge in [-0.15, -0.1) is 11.3 Å². The fourth-order valence-corrected chi connectivity index (χ4v) is 2.43. The molecule has 2 rings (SSSR count). The summed E-state index contributed by atoms with van der Waals surface area (Å²) >= 11 is 8.94. The van der Waals surface area contributed by atoms with E-state index in [-0.39, 0.29) is 0 Å². The van der Waals surface area contributed by atoms with Gasteiger partial charge in [0.2, 0.25) is 0 Å². The topological polar surface area (TPSA) is 38.7 Å². The number of hydrogen-bond donors (Lipinski definition) is 0. The molecule has 0 aliphatic heterocycles. The molecular weight excluding hydrogens is 214 g/mol. The molecule has 0 bridgehead atoms. The van der Waals surface area contributed by atoms with E-state index in [0.717, 1.165) is 9.04 Å². The predicted octanol–water partition coefficient (Wildman–Crippen LogP) is 2.46. The molecule has 2 aromatic rings. The largest absolute Gasteiger partial charge is 0.223 e. The summed E-state index contributed by atoms with van der Waals surface area (Å²) in [5.74, 6) is 0. The molecular formula is C6H4ClN3S2. The highest BCUT2D eigenvalue weighted by Crippen LogP contribution is 2.30. The maximum Gasteiger partial charge on any atom is 0.176 e. The molecule has 0 aliphatic rings. The van der Waals surface area contributed by atoms with E-state index in [9.17, 15) is 0 Å². The van der Waals surface area contributed by atoms with E-state index >= 15 is 0 Å². The van der Waals surface area contributed by atoms with Crippen LogP contribution in [0.4, 0.5) is 0 Å². The Kier molecular flexibility index (Phi) is 2.16. The summed E-state index contributed by atoms with van der Waals surface area (Å²) in [7, 11) is 0. The molecule has 2 heterocycles. The van der Waals surface area contributed by atoms with Gasteiger partial charge in [-0.2, -0.15) is 0 Å². The predicted molar refractivity (Wildman–Crippen MR) is 52.0 cm³/mol. The number of nitrogens with zero attached hydrogens (tertiary/aromatic N) is 3. The summed E-state index contributed by atoms with van der Waals surface area (Å²) in [6, 6.07) is 0. The highest BCUT2D eigenvalue weighted by molar-refractivity contribution is 8.00. The van der Waals surface area contributed by atoms with Crippen molar-refractivity contribution in [2.45, 2.75) is 4.34 Å². The van der Waals surface area contributed by atoms with Gasteiger partial charge >= 0.3 is 0 Å². The summed E-state index contributed by atoms with van der Waals surface area (Å²) < 4.78 is 1.83. The zero-order valence-electron chi connectivity index (χ0n) is 6.11. The molecule has 0 fully saturated rings. The van der Waals surface area contributed by atoms with Crippen LogP contribution in [0.1, 0.15) is 0 Å². The standard InChI is InChI=1S/C6H4ClN3S2/c1-11-6-10-5-3(12-6)4(7)8-2-9-5/h2H,1H3. The highest BCUT2D eigenvalue weighted by Gasteiger charge is 2.07. The average molecular weight is 218 g/mol. The van der Waals surface area contributed by atoms with Crippen molar-refractivity contribution in [3.8, 4) is 0 Å². The fraction of sp³-hybridized carbons (Fsp3) is 0.167. The molecule has 0 spiro atoms. The zero-order chi connectivity index (χ0) is 8.55. The quantitative estimate of drug-likeness (QED) is 0.544. The molecule has 0 N–H and O–H groups in total. The van der Waals surface area contributed by atoms with Crippen LogP contribution in [0.15, 0.2) is 10.7 Å². The smallest absolute Gasteiger partial charge is 0.176 e. The molecule has 0 radical (unpaired) electrons.